The van der Waals surface area contributed by atoms with Crippen molar-refractivity contribution in [2.75, 3.05) is 7.11 Å². The minimum Gasteiger partial charge on any atom is -0.380 e. The van der Waals surface area contributed by atoms with E-state index >= 15 is 0 Å². The van der Waals surface area contributed by atoms with Crippen LogP contribution in [-0.2, 0) is 24.2 Å². The molecule has 0 saturated carbocycles. The van der Waals surface area contributed by atoms with Crippen molar-refractivity contribution >= 4 is 10.8 Å². The predicted molar refractivity (Wildman–Crippen MR) is 121 cm³/mol. The molecule has 0 unspecified atom stereocenters. The topological polar surface area (TPSA) is 9.23 Å². The second kappa shape index (κ2) is 9.72. The van der Waals surface area contributed by atoms with Gasteiger partial charge in [-0.15, -0.1) is 0 Å². The Morgan fingerprint density at radius 3 is 2.16 bits per heavy atom. The van der Waals surface area contributed by atoms with Crippen LogP contribution in [0.25, 0.3) is 10.8 Å². The van der Waals surface area contributed by atoms with Gasteiger partial charge < -0.3 is 4.74 Å². The number of aryl methyl sites for hydroxylation is 2. The maximum absolute atomic E-state index is 14.6. The van der Waals surface area contributed by atoms with Gasteiger partial charge in [0.05, 0.1) is 12.2 Å². The maximum Gasteiger partial charge on any atom is 0.166 e. The molecule has 4 aromatic rings. The summed E-state index contributed by atoms with van der Waals surface area (Å²) < 4.78 is 46.8. The number of benzene rings is 4. The van der Waals surface area contributed by atoms with Gasteiger partial charge in [-0.2, -0.15) is 0 Å². The van der Waals surface area contributed by atoms with Crippen LogP contribution in [0.5, 0.6) is 0 Å². The molecule has 32 heavy (non-hydrogen) atoms. The Balaban J connectivity index is 1.45. The summed E-state index contributed by atoms with van der Waals surface area (Å²) in [4.78, 5) is 0. The summed E-state index contributed by atoms with van der Waals surface area (Å²) in [5, 5.41) is 0.737. The molecular weight excluding hydrogens is 409 g/mol. The van der Waals surface area contributed by atoms with E-state index in [-0.39, 0.29) is 11.2 Å². The molecule has 0 aliphatic rings. The third kappa shape index (κ3) is 5.01. The first-order valence-corrected chi connectivity index (χ1v) is 10.3. The number of rotatable bonds is 5. The van der Waals surface area contributed by atoms with Gasteiger partial charge in [0.1, 0.15) is 5.82 Å². The van der Waals surface area contributed by atoms with Gasteiger partial charge in [0.15, 0.2) is 11.6 Å². The summed E-state index contributed by atoms with van der Waals surface area (Å²) in [6.07, 6.45) is 1.53. The Labute approximate surface area is 185 Å². The molecule has 0 spiro atoms. The van der Waals surface area contributed by atoms with Gasteiger partial charge in [-0.3, -0.25) is 0 Å². The van der Waals surface area contributed by atoms with E-state index in [2.05, 4.69) is 24.0 Å². The molecule has 0 saturated heterocycles. The largest absolute Gasteiger partial charge is 0.380 e. The summed E-state index contributed by atoms with van der Waals surface area (Å²) >= 11 is 0. The SMILES string of the molecule is COCc1ccc(CCc2ccc(C#Cc3ccc4c(F)c(F)ccc4c3)c(F)c2)cc1. The first-order valence-electron chi connectivity index (χ1n) is 10.3. The van der Waals surface area contributed by atoms with Crippen molar-refractivity contribution in [2.24, 2.45) is 0 Å². The average molecular weight is 430 g/mol. The monoisotopic (exact) mass is 430 g/mol. The van der Waals surface area contributed by atoms with Crippen LogP contribution in [-0.4, -0.2) is 7.11 Å². The van der Waals surface area contributed by atoms with E-state index in [0.29, 0.717) is 23.1 Å². The zero-order chi connectivity index (χ0) is 22.5. The molecule has 0 amide bonds. The highest BCUT2D eigenvalue weighted by atomic mass is 19.2. The molecule has 1 nitrogen and oxygen atoms in total. The number of hydrogen-bond acceptors (Lipinski definition) is 1. The van der Waals surface area contributed by atoms with Crippen molar-refractivity contribution in [3.8, 4) is 11.8 Å². The summed E-state index contributed by atoms with van der Waals surface area (Å²) in [5.74, 6) is 3.60. The lowest BCUT2D eigenvalue weighted by Crippen LogP contribution is -1.95. The zero-order valence-corrected chi connectivity index (χ0v) is 17.6. The Hall–Kier alpha value is -3.55. The van der Waals surface area contributed by atoms with Gasteiger partial charge in [-0.1, -0.05) is 54.3 Å². The van der Waals surface area contributed by atoms with E-state index in [4.69, 9.17) is 4.74 Å². The fourth-order valence-electron chi connectivity index (χ4n) is 3.56. The molecule has 0 aliphatic carbocycles. The first kappa shape index (κ1) is 21.7. The van der Waals surface area contributed by atoms with Crippen LogP contribution in [0.2, 0.25) is 0 Å². The standard InChI is InChI=1S/C28H21F3O/c1-32-18-22-6-3-19(4-7-22)2-5-21-9-12-23(27(30)17-21)11-8-20-10-14-25-24(16-20)13-15-26(29)28(25)31/h3-4,6-7,9-10,12-17H,2,5,18H2,1H3. The third-order valence-corrected chi connectivity index (χ3v) is 5.32. The Morgan fingerprint density at radius 1 is 0.688 bits per heavy atom. The van der Waals surface area contributed by atoms with Crippen LogP contribution < -0.4 is 0 Å². The summed E-state index contributed by atoms with van der Waals surface area (Å²) in [5.41, 5.74) is 4.10. The van der Waals surface area contributed by atoms with Gasteiger partial charge >= 0.3 is 0 Å². The second-order valence-electron chi connectivity index (χ2n) is 7.61. The van der Waals surface area contributed by atoms with Crippen molar-refractivity contribution in [1.82, 2.24) is 0 Å². The lowest BCUT2D eigenvalue weighted by atomic mass is 10.0. The fraction of sp³-hybridized carbons (Fsp3) is 0.143. The quantitative estimate of drug-likeness (QED) is 0.325. The highest BCUT2D eigenvalue weighted by Crippen LogP contribution is 2.21. The molecule has 4 heteroatoms. The van der Waals surface area contributed by atoms with E-state index < -0.39 is 11.6 Å². The van der Waals surface area contributed by atoms with Crippen LogP contribution in [0, 0.1) is 29.3 Å². The van der Waals surface area contributed by atoms with Gasteiger partial charge in [0, 0.05) is 18.1 Å². The van der Waals surface area contributed by atoms with Crippen LogP contribution in [0.3, 0.4) is 0 Å². The third-order valence-electron chi connectivity index (χ3n) is 5.32. The minimum absolute atomic E-state index is 0.194. The van der Waals surface area contributed by atoms with E-state index in [9.17, 15) is 13.2 Å². The average Bonchev–Trinajstić information content (AvgIpc) is 2.80. The molecule has 0 fully saturated rings. The Bertz CT molecular complexity index is 1310. The van der Waals surface area contributed by atoms with Crippen molar-refractivity contribution in [1.29, 1.82) is 0 Å². The van der Waals surface area contributed by atoms with Gasteiger partial charge in [0.2, 0.25) is 0 Å². The van der Waals surface area contributed by atoms with Crippen molar-refractivity contribution in [3.63, 3.8) is 0 Å². The molecule has 0 radical (unpaired) electrons. The zero-order valence-electron chi connectivity index (χ0n) is 17.6. The van der Waals surface area contributed by atoms with E-state index in [1.165, 1.54) is 23.8 Å². The van der Waals surface area contributed by atoms with Gasteiger partial charge in [-0.25, -0.2) is 13.2 Å². The van der Waals surface area contributed by atoms with E-state index in [0.717, 1.165) is 30.0 Å². The molecular formula is C28H21F3O. The number of methoxy groups -OCH3 is 1. The smallest absolute Gasteiger partial charge is 0.166 e. The van der Waals surface area contributed by atoms with Crippen LogP contribution in [0.15, 0.2) is 72.8 Å². The minimum atomic E-state index is -0.887. The molecule has 0 N–H and O–H groups in total. The van der Waals surface area contributed by atoms with Crippen molar-refractivity contribution in [2.45, 2.75) is 19.4 Å². The second-order valence-corrected chi connectivity index (χ2v) is 7.61. The van der Waals surface area contributed by atoms with E-state index in [1.54, 1.807) is 25.3 Å². The fourth-order valence-corrected chi connectivity index (χ4v) is 3.56. The Morgan fingerprint density at radius 2 is 1.41 bits per heavy atom. The van der Waals surface area contributed by atoms with Crippen LogP contribution in [0.4, 0.5) is 13.2 Å². The summed E-state index contributed by atoms with van der Waals surface area (Å²) in [7, 11) is 1.67. The molecule has 0 atom stereocenters. The first-order chi connectivity index (χ1) is 15.5. The molecule has 160 valence electrons. The molecule has 0 bridgehead atoms. The van der Waals surface area contributed by atoms with Crippen molar-refractivity contribution in [3.05, 3.63) is 118 Å². The number of ether oxygens (including phenoxy) is 1. The van der Waals surface area contributed by atoms with E-state index in [1.807, 2.05) is 18.2 Å². The lowest BCUT2D eigenvalue weighted by molar-refractivity contribution is 0.185. The molecule has 0 heterocycles. The lowest BCUT2D eigenvalue weighted by Gasteiger charge is -2.05. The van der Waals surface area contributed by atoms with Crippen LogP contribution in [0.1, 0.15) is 27.8 Å². The molecule has 0 aliphatic heterocycles. The summed E-state index contributed by atoms with van der Waals surface area (Å²) in [6, 6.07) is 20.6. The highest BCUT2D eigenvalue weighted by molar-refractivity contribution is 5.84. The van der Waals surface area contributed by atoms with Gasteiger partial charge in [0.25, 0.3) is 0 Å². The maximum atomic E-state index is 14.6. The number of halogens is 3. The van der Waals surface area contributed by atoms with Crippen LogP contribution >= 0.6 is 0 Å². The highest BCUT2D eigenvalue weighted by Gasteiger charge is 2.07. The van der Waals surface area contributed by atoms with Crippen molar-refractivity contribution < 1.29 is 17.9 Å². The summed E-state index contributed by atoms with van der Waals surface area (Å²) in [6.45, 7) is 0.586. The number of fused-ring (bicyclic) bond motifs is 1. The molecule has 0 aromatic heterocycles. The normalized spacial score (nSPS) is 10.8. The molecule has 4 aromatic carbocycles. The predicted octanol–water partition coefficient (Wildman–Crippen LogP) is 6.59. The Kier molecular flexibility index (Phi) is 6.58. The number of hydrogen-bond donors (Lipinski definition) is 0. The molecule has 4 rings (SSSR count). The van der Waals surface area contributed by atoms with Gasteiger partial charge in [-0.05, 0) is 65.3 Å².